The number of aldehydes is 1. The fraction of sp³-hybridized carbons (Fsp3) is 0.615. The van der Waals surface area contributed by atoms with Crippen LogP contribution in [0.2, 0.25) is 0 Å². The summed E-state index contributed by atoms with van der Waals surface area (Å²) in [6.45, 7) is 2.22. The number of rotatable bonds is 9. The molecule has 0 bridgehead atoms. The second kappa shape index (κ2) is 12.2. The largest absolute Gasteiger partial charge is 0.303 e. The number of hydrogen-bond donors (Lipinski definition) is 0. The first-order valence-electron chi connectivity index (χ1n) is 5.65. The maximum Gasteiger partial charge on any atom is 0.120 e. The Labute approximate surface area is 87.9 Å². The number of hydrogen-bond acceptors (Lipinski definition) is 1. The monoisotopic (exact) mass is 194 g/mol. The molecule has 0 amide bonds. The molecule has 14 heavy (non-hydrogen) atoms. The topological polar surface area (TPSA) is 17.1 Å². The Balaban J connectivity index is 3.17. The molecule has 0 rings (SSSR count). The van der Waals surface area contributed by atoms with Gasteiger partial charge in [0.05, 0.1) is 0 Å². The van der Waals surface area contributed by atoms with Crippen molar-refractivity contribution in [2.75, 3.05) is 0 Å². The van der Waals surface area contributed by atoms with Gasteiger partial charge < -0.3 is 4.79 Å². The minimum atomic E-state index is 0.650. The first kappa shape index (κ1) is 13.2. The van der Waals surface area contributed by atoms with Crippen molar-refractivity contribution in [2.24, 2.45) is 0 Å². The van der Waals surface area contributed by atoms with Crippen LogP contribution >= 0.6 is 0 Å². The van der Waals surface area contributed by atoms with E-state index in [1.54, 1.807) is 0 Å². The van der Waals surface area contributed by atoms with Gasteiger partial charge in [0.1, 0.15) is 6.29 Å². The third kappa shape index (κ3) is 11.2. The summed E-state index contributed by atoms with van der Waals surface area (Å²) in [4.78, 5) is 9.99. The number of unbranched alkanes of at least 4 members (excludes halogenated alkanes) is 4. The highest BCUT2D eigenvalue weighted by Crippen LogP contribution is 2.00. The van der Waals surface area contributed by atoms with Crippen molar-refractivity contribution >= 4 is 6.29 Å². The van der Waals surface area contributed by atoms with E-state index in [2.05, 4.69) is 31.2 Å². The van der Waals surface area contributed by atoms with Gasteiger partial charge in [-0.25, -0.2) is 0 Å². The summed E-state index contributed by atoms with van der Waals surface area (Å²) in [6, 6.07) is 0. The summed E-state index contributed by atoms with van der Waals surface area (Å²) in [7, 11) is 0. The zero-order chi connectivity index (χ0) is 10.5. The molecule has 0 aromatic rings. The lowest BCUT2D eigenvalue weighted by Crippen LogP contribution is -1.71. The molecule has 0 aromatic carbocycles. The highest BCUT2D eigenvalue weighted by atomic mass is 16.1. The molecule has 1 nitrogen and oxygen atoms in total. The molecule has 0 aromatic heterocycles. The van der Waals surface area contributed by atoms with Gasteiger partial charge in [-0.1, -0.05) is 44.1 Å². The average molecular weight is 194 g/mol. The highest BCUT2D eigenvalue weighted by Gasteiger charge is 1.81. The van der Waals surface area contributed by atoms with E-state index in [-0.39, 0.29) is 0 Å². The van der Waals surface area contributed by atoms with Crippen molar-refractivity contribution in [3.8, 4) is 0 Å². The number of allylic oxidation sites excluding steroid dienone is 4. The van der Waals surface area contributed by atoms with E-state index in [1.165, 1.54) is 25.7 Å². The fourth-order valence-corrected chi connectivity index (χ4v) is 1.18. The Morgan fingerprint density at radius 2 is 1.57 bits per heavy atom. The van der Waals surface area contributed by atoms with E-state index in [9.17, 15) is 4.79 Å². The zero-order valence-electron chi connectivity index (χ0n) is 9.24. The summed E-state index contributed by atoms with van der Waals surface area (Å²) >= 11 is 0. The molecule has 0 aliphatic heterocycles. The van der Waals surface area contributed by atoms with Crippen LogP contribution < -0.4 is 0 Å². The summed E-state index contributed by atoms with van der Waals surface area (Å²) < 4.78 is 0. The normalized spacial score (nSPS) is 11.5. The Bertz CT molecular complexity index is 168. The molecule has 0 atom stereocenters. The predicted octanol–water partition coefficient (Wildman–Crippen LogP) is 4.05. The van der Waals surface area contributed by atoms with Crippen molar-refractivity contribution in [3.63, 3.8) is 0 Å². The van der Waals surface area contributed by atoms with Gasteiger partial charge in [0.15, 0.2) is 0 Å². The van der Waals surface area contributed by atoms with Crippen molar-refractivity contribution in [2.45, 2.75) is 51.9 Å². The van der Waals surface area contributed by atoms with Gasteiger partial charge in [-0.05, 0) is 25.7 Å². The van der Waals surface area contributed by atoms with E-state index >= 15 is 0 Å². The molecular formula is C13H22O. The molecule has 0 fully saturated rings. The van der Waals surface area contributed by atoms with Gasteiger partial charge in [0.2, 0.25) is 0 Å². The molecule has 80 valence electrons. The summed E-state index contributed by atoms with van der Waals surface area (Å²) in [5, 5.41) is 0. The van der Waals surface area contributed by atoms with Crippen molar-refractivity contribution in [3.05, 3.63) is 24.3 Å². The van der Waals surface area contributed by atoms with Crippen LogP contribution in [0.5, 0.6) is 0 Å². The Hall–Kier alpha value is -0.850. The molecule has 0 aliphatic rings. The predicted molar refractivity (Wildman–Crippen MR) is 62.3 cm³/mol. The maximum atomic E-state index is 9.99. The van der Waals surface area contributed by atoms with E-state index in [0.717, 1.165) is 19.1 Å². The minimum Gasteiger partial charge on any atom is -0.303 e. The van der Waals surface area contributed by atoms with Crippen LogP contribution in [-0.2, 0) is 4.79 Å². The van der Waals surface area contributed by atoms with Gasteiger partial charge in [-0.2, -0.15) is 0 Å². The Kier molecular flexibility index (Phi) is 11.4. The molecular weight excluding hydrogens is 172 g/mol. The van der Waals surface area contributed by atoms with E-state index < -0.39 is 0 Å². The lowest BCUT2D eigenvalue weighted by atomic mass is 10.2. The Morgan fingerprint density at radius 3 is 2.21 bits per heavy atom. The first-order chi connectivity index (χ1) is 6.91. The first-order valence-corrected chi connectivity index (χ1v) is 5.65. The van der Waals surface area contributed by atoms with Crippen LogP contribution in [0.1, 0.15) is 51.9 Å². The quantitative estimate of drug-likeness (QED) is 0.307. The Morgan fingerprint density at radius 1 is 0.857 bits per heavy atom. The van der Waals surface area contributed by atoms with Crippen molar-refractivity contribution in [1.82, 2.24) is 0 Å². The van der Waals surface area contributed by atoms with Gasteiger partial charge in [-0.3, -0.25) is 0 Å². The molecule has 0 unspecified atom stereocenters. The SMILES string of the molecule is CCCCC/C=C\C/C=C/CCC=O. The van der Waals surface area contributed by atoms with E-state index in [1.807, 2.05) is 0 Å². The standard InChI is InChI=1S/C13H22O/c1-2-3-4-5-6-7-8-9-10-11-12-13-14/h6-7,9-10,13H,2-5,8,11-12H2,1H3/b7-6-,10-9+. The second-order valence-corrected chi connectivity index (χ2v) is 3.42. The molecule has 0 saturated heterocycles. The summed E-state index contributed by atoms with van der Waals surface area (Å²) in [5.41, 5.74) is 0. The van der Waals surface area contributed by atoms with Gasteiger partial charge in [-0.15, -0.1) is 0 Å². The van der Waals surface area contributed by atoms with Gasteiger partial charge in [0.25, 0.3) is 0 Å². The molecule has 0 aliphatic carbocycles. The van der Waals surface area contributed by atoms with Crippen LogP contribution in [0, 0.1) is 0 Å². The zero-order valence-corrected chi connectivity index (χ0v) is 9.24. The van der Waals surface area contributed by atoms with Crippen LogP contribution in [0.3, 0.4) is 0 Å². The summed E-state index contributed by atoms with van der Waals surface area (Å²) in [6.07, 6.45) is 17.3. The van der Waals surface area contributed by atoms with Crippen LogP contribution in [0.25, 0.3) is 0 Å². The molecule has 0 heterocycles. The number of carbonyl (C=O) groups excluding carboxylic acids is 1. The van der Waals surface area contributed by atoms with Crippen LogP contribution in [-0.4, -0.2) is 6.29 Å². The number of carbonyl (C=O) groups is 1. The fourth-order valence-electron chi connectivity index (χ4n) is 1.18. The van der Waals surface area contributed by atoms with Crippen molar-refractivity contribution < 1.29 is 4.79 Å². The third-order valence-corrected chi connectivity index (χ3v) is 2.03. The van der Waals surface area contributed by atoms with Gasteiger partial charge >= 0.3 is 0 Å². The van der Waals surface area contributed by atoms with E-state index in [4.69, 9.17) is 0 Å². The summed E-state index contributed by atoms with van der Waals surface area (Å²) in [5.74, 6) is 0. The molecule has 0 radical (unpaired) electrons. The lowest BCUT2D eigenvalue weighted by molar-refractivity contribution is -0.107. The van der Waals surface area contributed by atoms with Gasteiger partial charge in [0, 0.05) is 6.42 Å². The maximum absolute atomic E-state index is 9.99. The highest BCUT2D eigenvalue weighted by molar-refractivity contribution is 5.49. The molecule has 0 spiro atoms. The molecule has 0 saturated carbocycles. The lowest BCUT2D eigenvalue weighted by Gasteiger charge is -1.90. The van der Waals surface area contributed by atoms with Crippen LogP contribution in [0.4, 0.5) is 0 Å². The van der Waals surface area contributed by atoms with E-state index in [0.29, 0.717) is 6.42 Å². The third-order valence-electron chi connectivity index (χ3n) is 2.03. The second-order valence-electron chi connectivity index (χ2n) is 3.42. The smallest absolute Gasteiger partial charge is 0.120 e. The van der Waals surface area contributed by atoms with Crippen molar-refractivity contribution in [1.29, 1.82) is 0 Å². The molecule has 0 N–H and O–H groups in total. The van der Waals surface area contributed by atoms with Crippen LogP contribution in [0.15, 0.2) is 24.3 Å². The molecule has 1 heteroatoms. The average Bonchev–Trinajstić information content (AvgIpc) is 2.21. The minimum absolute atomic E-state index is 0.650.